The maximum Gasteiger partial charge on any atom is 0.254 e. The minimum absolute atomic E-state index is 0.0219. The summed E-state index contributed by atoms with van der Waals surface area (Å²) in [6.45, 7) is 5.60. The van der Waals surface area contributed by atoms with Crippen molar-refractivity contribution in [2.24, 2.45) is 0 Å². The number of hydrogen-bond acceptors (Lipinski definition) is 3. The summed E-state index contributed by atoms with van der Waals surface area (Å²) < 4.78 is 14.8. The van der Waals surface area contributed by atoms with Gasteiger partial charge in [0.15, 0.2) is 0 Å². The number of aromatic nitrogens is 2. The van der Waals surface area contributed by atoms with Crippen LogP contribution in [0.1, 0.15) is 32.9 Å². The first kappa shape index (κ1) is 17.8. The zero-order valence-electron chi connectivity index (χ0n) is 14.2. The Labute approximate surface area is 140 Å². The molecule has 1 N–H and O–H groups in total. The summed E-state index contributed by atoms with van der Waals surface area (Å²) in [5, 5.41) is 2.82. The summed E-state index contributed by atoms with van der Waals surface area (Å²) in [4.78, 5) is 29.0. The van der Waals surface area contributed by atoms with Crippen molar-refractivity contribution in [2.75, 3.05) is 0 Å². The molecule has 0 spiro atoms. The SMILES string of the molecule is CCc1cc(=O)n(CC(=O)N[C@@H](C)CC)c(-c2cccc(F)c2)n1. The molecule has 1 heterocycles. The molecular weight excluding hydrogens is 309 g/mol. The summed E-state index contributed by atoms with van der Waals surface area (Å²) in [5.74, 6) is -0.382. The predicted molar refractivity (Wildman–Crippen MR) is 91.2 cm³/mol. The highest BCUT2D eigenvalue weighted by molar-refractivity contribution is 5.76. The van der Waals surface area contributed by atoms with E-state index in [-0.39, 0.29) is 24.1 Å². The van der Waals surface area contributed by atoms with Crippen LogP contribution in [0.5, 0.6) is 0 Å². The molecule has 0 saturated heterocycles. The zero-order valence-corrected chi connectivity index (χ0v) is 14.2. The minimum Gasteiger partial charge on any atom is -0.352 e. The lowest BCUT2D eigenvalue weighted by Crippen LogP contribution is -2.37. The van der Waals surface area contributed by atoms with E-state index in [2.05, 4.69) is 10.3 Å². The van der Waals surface area contributed by atoms with Crippen LogP contribution in [-0.2, 0) is 17.8 Å². The van der Waals surface area contributed by atoms with Crippen molar-refractivity contribution in [3.8, 4) is 11.4 Å². The molecule has 128 valence electrons. The molecule has 0 aliphatic rings. The maximum absolute atomic E-state index is 13.6. The van der Waals surface area contributed by atoms with Crippen LogP contribution in [0.25, 0.3) is 11.4 Å². The van der Waals surface area contributed by atoms with Gasteiger partial charge >= 0.3 is 0 Å². The van der Waals surface area contributed by atoms with Crippen molar-refractivity contribution in [3.63, 3.8) is 0 Å². The van der Waals surface area contributed by atoms with Crippen LogP contribution in [0.15, 0.2) is 35.1 Å². The molecule has 0 unspecified atom stereocenters. The van der Waals surface area contributed by atoms with Crippen LogP contribution in [0.3, 0.4) is 0 Å². The Kier molecular flexibility index (Phi) is 5.84. The summed E-state index contributed by atoms with van der Waals surface area (Å²) in [6.07, 6.45) is 1.38. The van der Waals surface area contributed by atoms with Crippen LogP contribution < -0.4 is 10.9 Å². The quantitative estimate of drug-likeness (QED) is 0.885. The second-order valence-electron chi connectivity index (χ2n) is 5.74. The number of carbonyl (C=O) groups is 1. The maximum atomic E-state index is 13.6. The van der Waals surface area contributed by atoms with E-state index < -0.39 is 5.82 Å². The molecule has 0 radical (unpaired) electrons. The highest BCUT2D eigenvalue weighted by Gasteiger charge is 2.15. The van der Waals surface area contributed by atoms with Crippen LogP contribution in [0.2, 0.25) is 0 Å². The van der Waals surface area contributed by atoms with Gasteiger partial charge in [-0.15, -0.1) is 0 Å². The molecule has 6 heteroatoms. The van der Waals surface area contributed by atoms with Crippen molar-refractivity contribution in [3.05, 3.63) is 52.2 Å². The third-order valence-electron chi connectivity index (χ3n) is 3.83. The molecule has 0 saturated carbocycles. The third-order valence-corrected chi connectivity index (χ3v) is 3.83. The minimum atomic E-state index is -0.417. The number of rotatable bonds is 6. The first-order valence-corrected chi connectivity index (χ1v) is 8.10. The van der Waals surface area contributed by atoms with Gasteiger partial charge in [-0.1, -0.05) is 26.0 Å². The Morgan fingerprint density at radius 2 is 2.08 bits per heavy atom. The van der Waals surface area contributed by atoms with Crippen LogP contribution in [-0.4, -0.2) is 21.5 Å². The van der Waals surface area contributed by atoms with Gasteiger partial charge in [0.2, 0.25) is 5.91 Å². The zero-order chi connectivity index (χ0) is 17.7. The monoisotopic (exact) mass is 331 g/mol. The Bertz CT molecular complexity index is 786. The predicted octanol–water partition coefficient (Wildman–Crippen LogP) is 2.53. The molecule has 1 aromatic heterocycles. The Morgan fingerprint density at radius 3 is 2.71 bits per heavy atom. The summed E-state index contributed by atoms with van der Waals surface area (Å²) in [6, 6.07) is 7.30. The Morgan fingerprint density at radius 1 is 1.33 bits per heavy atom. The van der Waals surface area contributed by atoms with E-state index in [4.69, 9.17) is 0 Å². The number of benzene rings is 1. The molecule has 1 amide bonds. The molecule has 1 aromatic carbocycles. The second kappa shape index (κ2) is 7.86. The third kappa shape index (κ3) is 4.28. The van der Waals surface area contributed by atoms with E-state index in [0.717, 1.165) is 6.42 Å². The number of carbonyl (C=O) groups excluding carboxylic acids is 1. The average Bonchev–Trinajstić information content (AvgIpc) is 2.56. The summed E-state index contributed by atoms with van der Waals surface area (Å²) in [7, 11) is 0. The normalized spacial score (nSPS) is 12.0. The fourth-order valence-electron chi connectivity index (χ4n) is 2.30. The highest BCUT2D eigenvalue weighted by atomic mass is 19.1. The molecule has 0 aliphatic heterocycles. The van der Waals surface area contributed by atoms with E-state index in [0.29, 0.717) is 23.5 Å². The molecule has 2 aromatic rings. The Balaban J connectivity index is 2.46. The molecule has 2 rings (SSSR count). The number of halogens is 1. The van der Waals surface area contributed by atoms with Crippen molar-refractivity contribution in [1.29, 1.82) is 0 Å². The number of hydrogen-bond donors (Lipinski definition) is 1. The lowest BCUT2D eigenvalue weighted by Gasteiger charge is -2.15. The van der Waals surface area contributed by atoms with Crippen molar-refractivity contribution in [1.82, 2.24) is 14.9 Å². The fourth-order valence-corrected chi connectivity index (χ4v) is 2.30. The molecule has 5 nitrogen and oxygen atoms in total. The largest absolute Gasteiger partial charge is 0.352 e. The average molecular weight is 331 g/mol. The number of aryl methyl sites for hydroxylation is 1. The van der Waals surface area contributed by atoms with Crippen molar-refractivity contribution >= 4 is 5.91 Å². The van der Waals surface area contributed by atoms with Gasteiger partial charge in [0.25, 0.3) is 5.56 Å². The Hall–Kier alpha value is -2.50. The van der Waals surface area contributed by atoms with E-state index in [1.54, 1.807) is 12.1 Å². The number of nitrogens with zero attached hydrogens (tertiary/aromatic N) is 2. The number of nitrogens with one attached hydrogen (secondary N) is 1. The standard InChI is InChI=1S/C18H22FN3O2/c1-4-12(3)20-16(23)11-22-17(24)10-15(5-2)21-18(22)13-7-6-8-14(19)9-13/h6-10,12H,4-5,11H2,1-3H3,(H,20,23)/t12-/m0/s1. The molecule has 24 heavy (non-hydrogen) atoms. The van der Waals surface area contributed by atoms with Gasteiger partial charge in [-0.3, -0.25) is 14.2 Å². The van der Waals surface area contributed by atoms with Gasteiger partial charge in [-0.2, -0.15) is 0 Å². The van der Waals surface area contributed by atoms with E-state index >= 15 is 0 Å². The molecule has 1 atom stereocenters. The lowest BCUT2D eigenvalue weighted by molar-refractivity contribution is -0.122. The summed E-state index contributed by atoms with van der Waals surface area (Å²) in [5.41, 5.74) is 0.761. The van der Waals surface area contributed by atoms with Gasteiger partial charge < -0.3 is 5.32 Å². The molecule has 0 bridgehead atoms. The fraction of sp³-hybridized carbons (Fsp3) is 0.389. The lowest BCUT2D eigenvalue weighted by atomic mass is 10.2. The first-order chi connectivity index (χ1) is 11.4. The second-order valence-corrected chi connectivity index (χ2v) is 5.74. The van der Waals surface area contributed by atoms with Crippen LogP contribution >= 0.6 is 0 Å². The molecule has 0 fully saturated rings. The smallest absolute Gasteiger partial charge is 0.254 e. The molecule has 0 aliphatic carbocycles. The van der Waals surface area contributed by atoms with Crippen molar-refractivity contribution < 1.29 is 9.18 Å². The summed E-state index contributed by atoms with van der Waals surface area (Å²) >= 11 is 0. The van der Waals surface area contributed by atoms with Gasteiger partial charge in [0.05, 0.1) is 0 Å². The van der Waals surface area contributed by atoms with Crippen LogP contribution in [0, 0.1) is 5.82 Å². The van der Waals surface area contributed by atoms with Crippen molar-refractivity contribution in [2.45, 2.75) is 46.2 Å². The van der Waals surface area contributed by atoms with Gasteiger partial charge in [-0.25, -0.2) is 9.37 Å². The first-order valence-electron chi connectivity index (χ1n) is 8.10. The van der Waals surface area contributed by atoms with Gasteiger partial charge in [0.1, 0.15) is 18.2 Å². The van der Waals surface area contributed by atoms with E-state index in [1.807, 2.05) is 20.8 Å². The highest BCUT2D eigenvalue weighted by Crippen LogP contribution is 2.17. The van der Waals surface area contributed by atoms with E-state index in [1.165, 1.54) is 22.8 Å². The number of amides is 1. The van der Waals surface area contributed by atoms with Crippen LogP contribution in [0.4, 0.5) is 4.39 Å². The van der Waals surface area contributed by atoms with E-state index in [9.17, 15) is 14.0 Å². The van der Waals surface area contributed by atoms with Gasteiger partial charge in [0, 0.05) is 23.4 Å². The van der Waals surface area contributed by atoms with Gasteiger partial charge in [-0.05, 0) is 31.9 Å². The molecular formula is C18H22FN3O2. The topological polar surface area (TPSA) is 64.0 Å².